The van der Waals surface area contributed by atoms with Crippen molar-refractivity contribution in [2.45, 2.75) is 52.4 Å². The molecule has 0 saturated heterocycles. The Kier molecular flexibility index (Phi) is 7.68. The molecule has 0 unspecified atom stereocenters. The van der Waals surface area contributed by atoms with E-state index < -0.39 is 0 Å². The maximum atomic E-state index is 6.53. The van der Waals surface area contributed by atoms with Gasteiger partial charge in [0.2, 0.25) is 0 Å². The maximum Gasteiger partial charge on any atom is 0.136 e. The lowest BCUT2D eigenvalue weighted by molar-refractivity contribution is 0.590. The smallest absolute Gasteiger partial charge is 0.136 e. The van der Waals surface area contributed by atoms with Crippen molar-refractivity contribution in [1.82, 2.24) is 4.57 Å². The molecule has 0 fully saturated rings. The number of hydrogen-bond acceptors (Lipinski definition) is 2. The third kappa shape index (κ3) is 5.71. The standard InChI is InChI=1S/C56H45NO2/c1-55(2,3)38-30-45(36-23-25-43-41-19-10-12-21-49(41)58-51(43)28-36)53-47(32-38)48-33-39(56(4,5)6)31-46(37-24-26-44-42-20-11-13-22-50(42)59-52(44)29-37)54(48)57(53)40-18-14-17-35(27-40)34-15-8-7-9-16-34/h7-33H,1-6H3. The Morgan fingerprint density at radius 1 is 0.339 bits per heavy atom. The summed E-state index contributed by atoms with van der Waals surface area (Å²) >= 11 is 0. The molecule has 0 radical (unpaired) electrons. The minimum Gasteiger partial charge on any atom is -0.456 e. The number of aromatic nitrogens is 1. The number of rotatable bonds is 4. The van der Waals surface area contributed by atoms with Crippen LogP contribution in [-0.4, -0.2) is 4.57 Å². The van der Waals surface area contributed by atoms with Crippen molar-refractivity contribution in [1.29, 1.82) is 0 Å². The first-order chi connectivity index (χ1) is 28.5. The number of fused-ring (bicyclic) bond motifs is 9. The molecule has 11 rings (SSSR count). The summed E-state index contributed by atoms with van der Waals surface area (Å²) in [7, 11) is 0. The molecule has 0 aliphatic carbocycles. The van der Waals surface area contributed by atoms with Crippen LogP contribution in [-0.2, 0) is 10.8 Å². The largest absolute Gasteiger partial charge is 0.456 e. The van der Waals surface area contributed by atoms with Gasteiger partial charge < -0.3 is 13.4 Å². The van der Waals surface area contributed by atoms with Crippen LogP contribution in [0.15, 0.2) is 173 Å². The summed E-state index contributed by atoms with van der Waals surface area (Å²) in [4.78, 5) is 0. The van der Waals surface area contributed by atoms with E-state index in [1.54, 1.807) is 0 Å². The van der Waals surface area contributed by atoms with Gasteiger partial charge in [-0.25, -0.2) is 0 Å². The predicted molar refractivity (Wildman–Crippen MR) is 249 cm³/mol. The van der Waals surface area contributed by atoms with E-state index in [1.807, 2.05) is 12.1 Å². The minimum atomic E-state index is -0.106. The van der Waals surface area contributed by atoms with E-state index in [0.717, 1.165) is 60.7 Å². The molecule has 3 nitrogen and oxygen atoms in total. The van der Waals surface area contributed by atoms with Gasteiger partial charge in [-0.3, -0.25) is 0 Å². The highest BCUT2D eigenvalue weighted by atomic mass is 16.3. The lowest BCUT2D eigenvalue weighted by Crippen LogP contribution is -2.11. The van der Waals surface area contributed by atoms with E-state index >= 15 is 0 Å². The van der Waals surface area contributed by atoms with Crippen LogP contribution < -0.4 is 0 Å². The first-order valence-electron chi connectivity index (χ1n) is 20.7. The Hall–Kier alpha value is -6.84. The van der Waals surface area contributed by atoms with Crippen LogP contribution in [0.3, 0.4) is 0 Å². The molecule has 0 aliphatic rings. The van der Waals surface area contributed by atoms with Gasteiger partial charge >= 0.3 is 0 Å². The van der Waals surface area contributed by atoms with Gasteiger partial charge in [-0.05, 0) is 117 Å². The number of benzene rings is 8. The summed E-state index contributed by atoms with van der Waals surface area (Å²) in [6.45, 7) is 13.9. The van der Waals surface area contributed by atoms with Crippen LogP contribution >= 0.6 is 0 Å². The summed E-state index contributed by atoms with van der Waals surface area (Å²) < 4.78 is 15.6. The Bertz CT molecular complexity index is 3260. The molecule has 0 spiro atoms. The second-order valence-electron chi connectivity index (χ2n) is 18.2. The van der Waals surface area contributed by atoms with Crippen molar-refractivity contribution < 1.29 is 8.83 Å². The number of furan rings is 2. The zero-order chi connectivity index (χ0) is 40.2. The molecular weight excluding hydrogens is 719 g/mol. The third-order valence-corrected chi connectivity index (χ3v) is 12.3. The molecule has 3 heteroatoms. The molecule has 0 atom stereocenters. The van der Waals surface area contributed by atoms with Gasteiger partial charge in [0, 0.05) is 49.1 Å². The third-order valence-electron chi connectivity index (χ3n) is 12.3. The van der Waals surface area contributed by atoms with E-state index in [0.29, 0.717) is 0 Å². The summed E-state index contributed by atoms with van der Waals surface area (Å²) in [5.41, 5.74) is 16.3. The Morgan fingerprint density at radius 3 is 1.31 bits per heavy atom. The average Bonchev–Trinajstić information content (AvgIpc) is 3.91. The van der Waals surface area contributed by atoms with Crippen molar-refractivity contribution in [3.63, 3.8) is 0 Å². The van der Waals surface area contributed by atoms with E-state index in [-0.39, 0.29) is 10.8 Å². The van der Waals surface area contributed by atoms with Crippen molar-refractivity contribution >= 4 is 65.7 Å². The highest BCUT2D eigenvalue weighted by Crippen LogP contribution is 2.47. The van der Waals surface area contributed by atoms with Gasteiger partial charge in [0.15, 0.2) is 0 Å². The highest BCUT2D eigenvalue weighted by molar-refractivity contribution is 6.19. The summed E-state index contributed by atoms with van der Waals surface area (Å²) in [5, 5.41) is 6.98. The predicted octanol–water partition coefficient (Wildman–Crippen LogP) is 16.2. The van der Waals surface area contributed by atoms with Crippen molar-refractivity contribution in [2.75, 3.05) is 0 Å². The van der Waals surface area contributed by atoms with E-state index in [2.05, 4.69) is 198 Å². The van der Waals surface area contributed by atoms with Crippen LogP contribution in [0.2, 0.25) is 0 Å². The monoisotopic (exact) mass is 763 g/mol. The number of nitrogens with zero attached hydrogens (tertiary/aromatic N) is 1. The molecule has 0 aliphatic heterocycles. The molecule has 8 aromatic carbocycles. The van der Waals surface area contributed by atoms with Gasteiger partial charge in [-0.1, -0.05) is 133 Å². The first kappa shape index (κ1) is 35.3. The Labute approximate surface area is 344 Å². The van der Waals surface area contributed by atoms with Gasteiger partial charge in [-0.2, -0.15) is 0 Å². The Balaban J connectivity index is 1.31. The fourth-order valence-electron chi connectivity index (χ4n) is 9.08. The van der Waals surface area contributed by atoms with Crippen LogP contribution in [0.4, 0.5) is 0 Å². The van der Waals surface area contributed by atoms with E-state index in [1.165, 1.54) is 55.2 Å². The molecule has 11 aromatic rings. The second kappa shape index (κ2) is 12.8. The quantitative estimate of drug-likeness (QED) is 0.179. The zero-order valence-corrected chi connectivity index (χ0v) is 34.4. The van der Waals surface area contributed by atoms with E-state index in [4.69, 9.17) is 8.83 Å². The highest BCUT2D eigenvalue weighted by Gasteiger charge is 2.27. The van der Waals surface area contributed by atoms with Crippen molar-refractivity contribution in [3.8, 4) is 39.1 Å². The normalized spacial score (nSPS) is 12.6. The zero-order valence-electron chi connectivity index (χ0n) is 34.4. The lowest BCUT2D eigenvalue weighted by Gasteiger charge is -2.22. The molecule has 59 heavy (non-hydrogen) atoms. The van der Waals surface area contributed by atoms with Crippen molar-refractivity contribution in [2.24, 2.45) is 0 Å². The summed E-state index contributed by atoms with van der Waals surface area (Å²) in [6, 6.07) is 59.7. The molecule has 0 saturated carbocycles. The molecule has 3 aromatic heterocycles. The molecule has 3 heterocycles. The van der Waals surface area contributed by atoms with Crippen LogP contribution in [0.1, 0.15) is 52.7 Å². The number of para-hydroxylation sites is 2. The summed E-state index contributed by atoms with van der Waals surface area (Å²) in [5.74, 6) is 0. The van der Waals surface area contributed by atoms with E-state index in [9.17, 15) is 0 Å². The molecular formula is C56H45NO2. The van der Waals surface area contributed by atoms with Crippen molar-refractivity contribution in [3.05, 3.63) is 175 Å². The fourth-order valence-corrected chi connectivity index (χ4v) is 9.08. The van der Waals surface area contributed by atoms with Crippen LogP contribution in [0.25, 0.3) is 105 Å². The topological polar surface area (TPSA) is 31.2 Å². The average molecular weight is 764 g/mol. The lowest BCUT2D eigenvalue weighted by atomic mass is 9.82. The maximum absolute atomic E-state index is 6.53. The SMILES string of the molecule is CC(C)(C)c1cc(-c2ccc3c(c2)oc2ccccc23)c2c(c1)c1cc(C(C)(C)C)cc(-c3ccc4c(c3)oc3ccccc34)c1n2-c1cccc(-c2ccccc2)c1. The first-order valence-corrected chi connectivity index (χ1v) is 20.7. The number of hydrogen-bond donors (Lipinski definition) is 0. The molecule has 0 bridgehead atoms. The molecule has 0 amide bonds. The molecule has 286 valence electrons. The van der Waals surface area contributed by atoms with Crippen LogP contribution in [0, 0.1) is 0 Å². The van der Waals surface area contributed by atoms with Gasteiger partial charge in [0.1, 0.15) is 22.3 Å². The fraction of sp³-hybridized carbons (Fsp3) is 0.143. The molecule has 0 N–H and O–H groups in total. The Morgan fingerprint density at radius 2 is 0.797 bits per heavy atom. The van der Waals surface area contributed by atoms with Crippen LogP contribution in [0.5, 0.6) is 0 Å². The minimum absolute atomic E-state index is 0.106. The van der Waals surface area contributed by atoms with Gasteiger partial charge in [0.05, 0.1) is 11.0 Å². The second-order valence-corrected chi connectivity index (χ2v) is 18.2. The van der Waals surface area contributed by atoms with Gasteiger partial charge in [0.25, 0.3) is 0 Å². The van der Waals surface area contributed by atoms with Gasteiger partial charge in [-0.15, -0.1) is 0 Å². The summed E-state index contributed by atoms with van der Waals surface area (Å²) in [6.07, 6.45) is 0.